The van der Waals surface area contributed by atoms with Crippen LogP contribution in [0.25, 0.3) is 11.0 Å². The van der Waals surface area contributed by atoms with E-state index in [1.54, 1.807) is 23.7 Å². The van der Waals surface area contributed by atoms with Gasteiger partial charge in [0.05, 0.1) is 11.0 Å². The van der Waals surface area contributed by atoms with Gasteiger partial charge in [-0.15, -0.1) is 11.3 Å². The highest BCUT2D eigenvalue weighted by Gasteiger charge is 2.12. The highest BCUT2D eigenvalue weighted by atomic mass is 32.1. The van der Waals surface area contributed by atoms with Crippen LogP contribution in [0.3, 0.4) is 0 Å². The first kappa shape index (κ1) is 21.6. The molecule has 0 saturated carbocycles. The second kappa shape index (κ2) is 9.32. The van der Waals surface area contributed by atoms with Crippen LogP contribution < -0.4 is 15.4 Å². The Morgan fingerprint density at radius 1 is 1.03 bits per heavy atom. The summed E-state index contributed by atoms with van der Waals surface area (Å²) in [6.07, 6.45) is 4.17. The largest absolute Gasteiger partial charge is 0.457 e. The van der Waals surface area contributed by atoms with Crippen molar-refractivity contribution < 1.29 is 9.53 Å². The van der Waals surface area contributed by atoms with E-state index in [4.69, 9.17) is 9.72 Å². The Morgan fingerprint density at radius 3 is 2.62 bits per heavy atom. The van der Waals surface area contributed by atoms with Crippen LogP contribution in [0.5, 0.6) is 11.5 Å². The maximum absolute atomic E-state index is 12.4. The lowest BCUT2D eigenvalue weighted by molar-refractivity contribution is 0.102. The van der Waals surface area contributed by atoms with E-state index in [2.05, 4.69) is 51.8 Å². The fraction of sp³-hybridized carbons (Fsp3) is 0.120. The molecule has 0 atom stereocenters. The van der Waals surface area contributed by atoms with Crippen molar-refractivity contribution >= 4 is 45.0 Å². The van der Waals surface area contributed by atoms with E-state index < -0.39 is 0 Å². The predicted molar refractivity (Wildman–Crippen MR) is 134 cm³/mol. The lowest BCUT2D eigenvalue weighted by Crippen LogP contribution is -2.13. The van der Waals surface area contributed by atoms with E-state index in [1.165, 1.54) is 23.1 Å². The Kier molecular flexibility index (Phi) is 5.92. The molecule has 0 unspecified atom stereocenters. The molecule has 8 nitrogen and oxygen atoms in total. The number of nitrogens with zero attached hydrogens (tertiary/aromatic N) is 4. The van der Waals surface area contributed by atoms with E-state index >= 15 is 0 Å². The topological polar surface area (TPSA) is 94.0 Å². The number of thiazole rings is 1. The van der Waals surface area contributed by atoms with Crippen LogP contribution in [0.2, 0.25) is 0 Å². The molecule has 0 aliphatic heterocycles. The van der Waals surface area contributed by atoms with Crippen molar-refractivity contribution in [2.75, 3.05) is 10.6 Å². The molecule has 1 amide bonds. The van der Waals surface area contributed by atoms with Crippen molar-refractivity contribution in [2.45, 2.75) is 13.3 Å². The van der Waals surface area contributed by atoms with Crippen LogP contribution in [0.15, 0.2) is 72.4 Å². The predicted octanol–water partition coefficient (Wildman–Crippen LogP) is 5.78. The molecular weight excluding hydrogens is 448 g/mol. The minimum Gasteiger partial charge on any atom is -0.457 e. The zero-order valence-corrected chi connectivity index (χ0v) is 19.5. The van der Waals surface area contributed by atoms with Gasteiger partial charge in [0.15, 0.2) is 5.13 Å². The molecule has 170 valence electrons. The van der Waals surface area contributed by atoms with Gasteiger partial charge in [-0.05, 0) is 42.3 Å². The number of amides is 1. The number of hydrogen-bond acceptors (Lipinski definition) is 7. The molecule has 2 N–H and O–H groups in total. The first-order valence-electron chi connectivity index (χ1n) is 10.8. The molecule has 0 aliphatic rings. The highest BCUT2D eigenvalue weighted by molar-refractivity contribution is 7.13. The van der Waals surface area contributed by atoms with E-state index in [-0.39, 0.29) is 11.6 Å². The number of anilines is 3. The summed E-state index contributed by atoms with van der Waals surface area (Å²) in [7, 11) is 1.97. The Bertz CT molecular complexity index is 1440. The number of imidazole rings is 1. The number of carbonyl (C=O) groups excluding carboxylic acids is 1. The zero-order valence-electron chi connectivity index (χ0n) is 18.6. The average molecular weight is 471 g/mol. The van der Waals surface area contributed by atoms with Crippen LogP contribution in [-0.4, -0.2) is 25.4 Å². The monoisotopic (exact) mass is 470 g/mol. The third kappa shape index (κ3) is 4.60. The molecule has 9 heteroatoms. The van der Waals surface area contributed by atoms with Gasteiger partial charge >= 0.3 is 0 Å². The quantitative estimate of drug-likeness (QED) is 0.313. The molecular formula is C25H22N6O2S. The Hall–Kier alpha value is -4.24. The lowest BCUT2D eigenvalue weighted by Gasteiger charge is -2.08. The summed E-state index contributed by atoms with van der Waals surface area (Å²) in [5.74, 6) is 1.51. The van der Waals surface area contributed by atoms with Gasteiger partial charge in [0, 0.05) is 42.6 Å². The van der Waals surface area contributed by atoms with Gasteiger partial charge in [-0.3, -0.25) is 15.1 Å². The number of fused-ring (bicyclic) bond motifs is 1. The molecule has 3 heterocycles. The van der Waals surface area contributed by atoms with Crippen LogP contribution in [0, 0.1) is 0 Å². The molecule has 0 fully saturated rings. The standard InChI is InChI=1S/C25H22N6O2S/c1-3-16-4-6-17(7-5-16)28-24-29-20-14-18(8-9-22(20)31(24)2)33-19-10-11-26-21(15-19)23(32)30-25-27-12-13-34-25/h4-15H,3H2,1-2H3,(H,28,29)(H,27,30,32). The van der Waals surface area contributed by atoms with E-state index in [1.807, 2.05) is 29.8 Å². The lowest BCUT2D eigenvalue weighted by atomic mass is 10.1. The van der Waals surface area contributed by atoms with E-state index in [0.29, 0.717) is 16.6 Å². The number of rotatable bonds is 7. The molecule has 5 rings (SSSR count). The third-order valence-electron chi connectivity index (χ3n) is 5.32. The Labute approximate surface area is 200 Å². The van der Waals surface area contributed by atoms with Gasteiger partial charge in [-0.2, -0.15) is 0 Å². The molecule has 0 saturated heterocycles. The smallest absolute Gasteiger partial charge is 0.276 e. The summed E-state index contributed by atoms with van der Waals surface area (Å²) >= 11 is 1.34. The average Bonchev–Trinajstić information content (AvgIpc) is 3.47. The fourth-order valence-electron chi connectivity index (χ4n) is 3.49. The van der Waals surface area contributed by atoms with Gasteiger partial charge in [0.25, 0.3) is 5.91 Å². The molecule has 5 aromatic rings. The van der Waals surface area contributed by atoms with Gasteiger partial charge in [-0.25, -0.2) is 9.97 Å². The number of ether oxygens (including phenoxy) is 1. The Balaban J connectivity index is 1.34. The van der Waals surface area contributed by atoms with Crippen molar-refractivity contribution in [2.24, 2.45) is 7.05 Å². The molecule has 34 heavy (non-hydrogen) atoms. The third-order valence-corrected chi connectivity index (χ3v) is 6.01. The number of pyridine rings is 1. The van der Waals surface area contributed by atoms with Crippen LogP contribution >= 0.6 is 11.3 Å². The summed E-state index contributed by atoms with van der Waals surface area (Å²) in [5.41, 5.74) is 4.28. The van der Waals surface area contributed by atoms with Crippen LogP contribution in [0.4, 0.5) is 16.8 Å². The summed E-state index contributed by atoms with van der Waals surface area (Å²) in [6.45, 7) is 2.14. The fourth-order valence-corrected chi connectivity index (χ4v) is 4.01. The van der Waals surface area contributed by atoms with Gasteiger partial charge in [0.1, 0.15) is 17.2 Å². The zero-order chi connectivity index (χ0) is 23.5. The van der Waals surface area contributed by atoms with Gasteiger partial charge in [0.2, 0.25) is 5.95 Å². The first-order valence-corrected chi connectivity index (χ1v) is 11.6. The summed E-state index contributed by atoms with van der Waals surface area (Å²) in [6, 6.07) is 17.3. The minimum atomic E-state index is -0.344. The molecule has 0 bridgehead atoms. The normalized spacial score (nSPS) is 10.9. The highest BCUT2D eigenvalue weighted by Crippen LogP contribution is 2.28. The van der Waals surface area contributed by atoms with Crippen molar-refractivity contribution in [3.05, 3.63) is 83.6 Å². The first-order chi connectivity index (χ1) is 16.6. The van der Waals surface area contributed by atoms with Crippen LogP contribution in [-0.2, 0) is 13.5 Å². The van der Waals surface area contributed by atoms with Crippen molar-refractivity contribution in [3.63, 3.8) is 0 Å². The van der Waals surface area contributed by atoms with Crippen LogP contribution in [0.1, 0.15) is 23.0 Å². The van der Waals surface area contributed by atoms with E-state index in [0.717, 1.165) is 29.1 Å². The summed E-state index contributed by atoms with van der Waals surface area (Å²) < 4.78 is 8.00. The number of nitrogens with one attached hydrogen (secondary N) is 2. The summed E-state index contributed by atoms with van der Waals surface area (Å²) in [5, 5.41) is 8.40. The van der Waals surface area contributed by atoms with Crippen molar-refractivity contribution in [1.82, 2.24) is 19.5 Å². The summed E-state index contributed by atoms with van der Waals surface area (Å²) in [4.78, 5) is 25.4. The molecule has 0 radical (unpaired) electrons. The van der Waals surface area contributed by atoms with Gasteiger partial charge < -0.3 is 14.6 Å². The van der Waals surface area contributed by atoms with E-state index in [9.17, 15) is 4.79 Å². The number of hydrogen-bond donors (Lipinski definition) is 2. The number of benzene rings is 2. The van der Waals surface area contributed by atoms with Gasteiger partial charge in [-0.1, -0.05) is 19.1 Å². The molecule has 2 aromatic carbocycles. The minimum absolute atomic E-state index is 0.243. The molecule has 0 spiro atoms. The Morgan fingerprint density at radius 2 is 1.85 bits per heavy atom. The number of aryl methyl sites for hydroxylation is 2. The number of carbonyl (C=O) groups is 1. The number of aromatic nitrogens is 4. The maximum atomic E-state index is 12.4. The molecule has 3 aromatic heterocycles. The second-order valence-electron chi connectivity index (χ2n) is 7.59. The van der Waals surface area contributed by atoms with Crippen molar-refractivity contribution in [3.8, 4) is 11.5 Å². The maximum Gasteiger partial charge on any atom is 0.276 e. The SMILES string of the molecule is CCc1ccc(Nc2nc3cc(Oc4ccnc(C(=O)Nc5nccs5)c4)ccc3n2C)cc1. The van der Waals surface area contributed by atoms with Crippen molar-refractivity contribution in [1.29, 1.82) is 0 Å². The molecule has 0 aliphatic carbocycles. The second-order valence-corrected chi connectivity index (χ2v) is 8.49.